The van der Waals surface area contributed by atoms with Crippen LogP contribution in [-0.4, -0.2) is 18.5 Å². The van der Waals surface area contributed by atoms with Crippen molar-refractivity contribution in [3.8, 4) is 0 Å². The van der Waals surface area contributed by atoms with Crippen molar-refractivity contribution in [2.45, 2.75) is 45.1 Å². The highest BCUT2D eigenvalue weighted by Crippen LogP contribution is 2.23. The zero-order chi connectivity index (χ0) is 8.81. The smallest absolute Gasteiger partial charge is 0.0575 e. The molecule has 0 aromatic carbocycles. The molecule has 1 aliphatic rings. The van der Waals surface area contributed by atoms with Gasteiger partial charge in [-0.15, -0.1) is 0 Å². The maximum Gasteiger partial charge on any atom is 0.0575 e. The van der Waals surface area contributed by atoms with Gasteiger partial charge in [0, 0.05) is 0 Å². The lowest BCUT2D eigenvalue weighted by molar-refractivity contribution is -0.0135. The topological polar surface area (TPSA) is 9.23 Å². The molecule has 2 heteroatoms. The second kappa shape index (κ2) is 5.87. The first-order valence-electron chi connectivity index (χ1n) is 5.09. The SMILES string of the molecule is CCCC(CS)COC1CCC1. The first kappa shape index (κ1) is 10.4. The standard InChI is InChI=1S/C10H20OS/c1-2-4-9(8-12)7-11-10-5-3-6-10/h9-10,12H,2-8H2,1H3. The average molecular weight is 188 g/mol. The van der Waals surface area contributed by atoms with Crippen LogP contribution in [0.4, 0.5) is 0 Å². The van der Waals surface area contributed by atoms with E-state index in [2.05, 4.69) is 19.6 Å². The molecule has 1 aliphatic carbocycles. The Bertz CT molecular complexity index is 112. The molecule has 0 radical (unpaired) electrons. The molecule has 12 heavy (non-hydrogen) atoms. The highest BCUT2D eigenvalue weighted by atomic mass is 32.1. The Morgan fingerprint density at radius 2 is 2.25 bits per heavy atom. The average Bonchev–Trinajstić information content (AvgIpc) is 2.00. The summed E-state index contributed by atoms with van der Waals surface area (Å²) in [6.45, 7) is 3.15. The molecule has 1 saturated carbocycles. The molecule has 1 fully saturated rings. The molecule has 0 saturated heterocycles. The van der Waals surface area contributed by atoms with Gasteiger partial charge in [0.15, 0.2) is 0 Å². The van der Waals surface area contributed by atoms with Gasteiger partial charge in [-0.1, -0.05) is 13.3 Å². The van der Waals surface area contributed by atoms with Crippen molar-refractivity contribution in [3.63, 3.8) is 0 Å². The Morgan fingerprint density at radius 1 is 1.50 bits per heavy atom. The summed E-state index contributed by atoms with van der Waals surface area (Å²) in [4.78, 5) is 0. The minimum Gasteiger partial charge on any atom is -0.378 e. The minimum absolute atomic E-state index is 0.587. The Labute approximate surface area is 81.3 Å². The van der Waals surface area contributed by atoms with Crippen molar-refractivity contribution < 1.29 is 4.74 Å². The molecule has 0 aliphatic heterocycles. The van der Waals surface area contributed by atoms with Crippen LogP contribution in [0, 0.1) is 5.92 Å². The van der Waals surface area contributed by atoms with Crippen molar-refractivity contribution in [2.24, 2.45) is 5.92 Å². The molecule has 1 atom stereocenters. The zero-order valence-electron chi connectivity index (χ0n) is 7.96. The Hall–Kier alpha value is 0.310. The van der Waals surface area contributed by atoms with Gasteiger partial charge < -0.3 is 4.74 Å². The molecule has 1 rings (SSSR count). The van der Waals surface area contributed by atoms with Crippen LogP contribution < -0.4 is 0 Å². The third-order valence-corrected chi connectivity index (χ3v) is 3.09. The molecule has 72 valence electrons. The predicted octanol–water partition coefficient (Wildman–Crippen LogP) is 2.90. The van der Waals surface area contributed by atoms with Crippen LogP contribution in [0.1, 0.15) is 39.0 Å². The molecule has 0 spiro atoms. The summed E-state index contributed by atoms with van der Waals surface area (Å²) >= 11 is 4.32. The molecule has 0 aromatic rings. The highest BCUT2D eigenvalue weighted by Gasteiger charge is 2.19. The van der Waals surface area contributed by atoms with Gasteiger partial charge in [0.1, 0.15) is 0 Å². The van der Waals surface area contributed by atoms with Crippen LogP contribution in [0.3, 0.4) is 0 Å². The van der Waals surface area contributed by atoms with Crippen molar-refractivity contribution in [1.82, 2.24) is 0 Å². The van der Waals surface area contributed by atoms with Crippen molar-refractivity contribution >= 4 is 12.6 Å². The summed E-state index contributed by atoms with van der Waals surface area (Å²) in [5, 5.41) is 0. The summed E-state index contributed by atoms with van der Waals surface area (Å²) in [6.07, 6.45) is 7.03. The maximum absolute atomic E-state index is 5.73. The van der Waals surface area contributed by atoms with E-state index in [1.54, 1.807) is 0 Å². The number of hydrogen-bond acceptors (Lipinski definition) is 2. The molecule has 0 heterocycles. The lowest BCUT2D eigenvalue weighted by atomic mass is 9.96. The molecule has 0 N–H and O–H groups in total. The van der Waals surface area contributed by atoms with Gasteiger partial charge in [-0.25, -0.2) is 0 Å². The molecular weight excluding hydrogens is 168 g/mol. The van der Waals surface area contributed by atoms with E-state index in [1.807, 2.05) is 0 Å². The van der Waals surface area contributed by atoms with E-state index >= 15 is 0 Å². The van der Waals surface area contributed by atoms with Crippen LogP contribution in [0.2, 0.25) is 0 Å². The fraction of sp³-hybridized carbons (Fsp3) is 1.00. The summed E-state index contributed by atoms with van der Waals surface area (Å²) in [6, 6.07) is 0. The Morgan fingerprint density at radius 3 is 2.67 bits per heavy atom. The lowest BCUT2D eigenvalue weighted by Crippen LogP contribution is -2.25. The van der Waals surface area contributed by atoms with Crippen molar-refractivity contribution in [1.29, 1.82) is 0 Å². The molecule has 1 nitrogen and oxygen atoms in total. The predicted molar refractivity (Wildman–Crippen MR) is 55.8 cm³/mol. The number of ether oxygens (including phenoxy) is 1. The van der Waals surface area contributed by atoms with Gasteiger partial charge in [0.2, 0.25) is 0 Å². The largest absolute Gasteiger partial charge is 0.378 e. The monoisotopic (exact) mass is 188 g/mol. The fourth-order valence-electron chi connectivity index (χ4n) is 1.45. The van der Waals surface area contributed by atoms with Crippen LogP contribution in [0.5, 0.6) is 0 Å². The van der Waals surface area contributed by atoms with E-state index in [-0.39, 0.29) is 0 Å². The molecular formula is C10H20OS. The van der Waals surface area contributed by atoms with Crippen molar-refractivity contribution in [2.75, 3.05) is 12.4 Å². The Kier molecular flexibility index (Phi) is 5.08. The second-order valence-corrected chi connectivity index (χ2v) is 4.09. The van der Waals surface area contributed by atoms with Gasteiger partial charge in [-0.05, 0) is 37.4 Å². The van der Waals surface area contributed by atoms with Crippen LogP contribution >= 0.6 is 12.6 Å². The maximum atomic E-state index is 5.73. The Balaban J connectivity index is 2.01. The molecule has 0 bridgehead atoms. The summed E-state index contributed by atoms with van der Waals surface area (Å²) in [7, 11) is 0. The highest BCUT2D eigenvalue weighted by molar-refractivity contribution is 7.80. The van der Waals surface area contributed by atoms with E-state index in [0.29, 0.717) is 12.0 Å². The van der Waals surface area contributed by atoms with Gasteiger partial charge in [-0.3, -0.25) is 0 Å². The van der Waals surface area contributed by atoms with Gasteiger partial charge >= 0.3 is 0 Å². The summed E-state index contributed by atoms with van der Waals surface area (Å²) in [5.74, 6) is 1.65. The van der Waals surface area contributed by atoms with Gasteiger partial charge in [0.05, 0.1) is 12.7 Å². The van der Waals surface area contributed by atoms with Crippen LogP contribution in [0.25, 0.3) is 0 Å². The normalized spacial score (nSPS) is 20.5. The molecule has 1 unspecified atom stereocenters. The van der Waals surface area contributed by atoms with E-state index in [9.17, 15) is 0 Å². The van der Waals surface area contributed by atoms with Crippen LogP contribution in [0.15, 0.2) is 0 Å². The number of rotatable bonds is 6. The molecule has 0 aromatic heterocycles. The number of thiol groups is 1. The van der Waals surface area contributed by atoms with Crippen LogP contribution in [-0.2, 0) is 4.74 Å². The third-order valence-electron chi connectivity index (χ3n) is 2.57. The van der Waals surface area contributed by atoms with Gasteiger partial charge in [-0.2, -0.15) is 12.6 Å². The first-order chi connectivity index (χ1) is 5.86. The van der Waals surface area contributed by atoms with E-state index < -0.39 is 0 Å². The minimum atomic E-state index is 0.587. The van der Waals surface area contributed by atoms with E-state index in [4.69, 9.17) is 4.74 Å². The first-order valence-corrected chi connectivity index (χ1v) is 5.72. The summed E-state index contributed by atoms with van der Waals surface area (Å²) < 4.78 is 5.73. The zero-order valence-corrected chi connectivity index (χ0v) is 8.85. The molecule has 0 amide bonds. The number of hydrogen-bond donors (Lipinski definition) is 1. The summed E-state index contributed by atoms with van der Waals surface area (Å²) in [5.41, 5.74) is 0. The van der Waals surface area contributed by atoms with Gasteiger partial charge in [0.25, 0.3) is 0 Å². The lowest BCUT2D eigenvalue weighted by Gasteiger charge is -2.27. The quantitative estimate of drug-likeness (QED) is 0.631. The fourth-order valence-corrected chi connectivity index (χ4v) is 1.73. The second-order valence-electron chi connectivity index (χ2n) is 3.72. The van der Waals surface area contributed by atoms with Crippen molar-refractivity contribution in [3.05, 3.63) is 0 Å². The van der Waals surface area contributed by atoms with E-state index in [1.165, 1.54) is 32.1 Å². The third kappa shape index (κ3) is 3.36. The van der Waals surface area contributed by atoms with E-state index in [0.717, 1.165) is 12.4 Å².